The summed E-state index contributed by atoms with van der Waals surface area (Å²) in [6.45, 7) is 2.01. The number of carbonyl (C=O) groups excluding carboxylic acids is 1. The summed E-state index contributed by atoms with van der Waals surface area (Å²) in [5.41, 5.74) is 2.89. The number of nitrogens with zero attached hydrogens (tertiary/aromatic N) is 3. The number of carbonyl (C=O) groups is 1. The van der Waals surface area contributed by atoms with Crippen LogP contribution < -0.4 is 0 Å². The standard InChI is InChI=1S/C22H26N4O3/c1-13-10-18(23-11-13)20-24-21(29-25-20)14-6-7-15-8-9-16-17(22(27)26(15)12-14)4-3-5-19(16)28-2/h3,5,10-12,15-17,19,23H,4,6-9H2,1-2H3/t15?,16-,17-,19?/m0/s1. The van der Waals surface area contributed by atoms with Crippen LogP contribution in [0.5, 0.6) is 0 Å². The molecule has 1 saturated heterocycles. The lowest BCUT2D eigenvalue weighted by Crippen LogP contribution is -2.42. The van der Waals surface area contributed by atoms with Gasteiger partial charge in [0.15, 0.2) is 0 Å². The van der Waals surface area contributed by atoms with Gasteiger partial charge >= 0.3 is 0 Å². The van der Waals surface area contributed by atoms with E-state index in [0.717, 1.165) is 48.9 Å². The van der Waals surface area contributed by atoms with Crippen molar-refractivity contribution in [1.82, 2.24) is 20.0 Å². The normalized spacial score (nSPS) is 29.2. The Balaban J connectivity index is 1.42. The molecule has 7 nitrogen and oxygen atoms in total. The van der Waals surface area contributed by atoms with Crippen molar-refractivity contribution in [3.05, 3.63) is 42.1 Å². The van der Waals surface area contributed by atoms with Gasteiger partial charge in [0.1, 0.15) is 0 Å². The molecule has 0 bridgehead atoms. The van der Waals surface area contributed by atoms with Crippen molar-refractivity contribution < 1.29 is 14.1 Å². The molecular weight excluding hydrogens is 368 g/mol. The molecule has 0 aromatic carbocycles. The van der Waals surface area contributed by atoms with E-state index >= 15 is 0 Å². The summed E-state index contributed by atoms with van der Waals surface area (Å²) in [5.74, 6) is 1.47. The van der Waals surface area contributed by atoms with E-state index in [4.69, 9.17) is 9.26 Å². The van der Waals surface area contributed by atoms with Crippen LogP contribution in [0.3, 0.4) is 0 Å². The molecule has 3 aliphatic rings. The van der Waals surface area contributed by atoms with Gasteiger partial charge < -0.3 is 19.1 Å². The van der Waals surface area contributed by atoms with Gasteiger partial charge in [-0.05, 0) is 50.7 Å². The zero-order valence-electron chi connectivity index (χ0n) is 16.8. The lowest BCUT2D eigenvalue weighted by Gasteiger charge is -2.35. The highest BCUT2D eigenvalue weighted by Crippen LogP contribution is 2.40. The second kappa shape index (κ2) is 7.30. The first kappa shape index (κ1) is 18.4. The maximum Gasteiger partial charge on any atom is 0.255 e. The predicted molar refractivity (Wildman–Crippen MR) is 107 cm³/mol. The van der Waals surface area contributed by atoms with Crippen molar-refractivity contribution in [1.29, 1.82) is 0 Å². The lowest BCUT2D eigenvalue weighted by atomic mass is 9.78. The highest BCUT2D eigenvalue weighted by molar-refractivity contribution is 5.83. The Bertz CT molecular complexity index is 972. The summed E-state index contributed by atoms with van der Waals surface area (Å²) in [5, 5.41) is 4.12. The minimum atomic E-state index is -0.0225. The topological polar surface area (TPSA) is 84.2 Å². The van der Waals surface area contributed by atoms with Crippen molar-refractivity contribution in [2.45, 2.75) is 51.2 Å². The smallest absolute Gasteiger partial charge is 0.255 e. The van der Waals surface area contributed by atoms with E-state index < -0.39 is 0 Å². The molecule has 2 aromatic heterocycles. The maximum atomic E-state index is 13.4. The van der Waals surface area contributed by atoms with E-state index in [1.54, 1.807) is 7.11 Å². The second-order valence-corrected chi connectivity index (χ2v) is 8.32. The Labute approximate surface area is 169 Å². The van der Waals surface area contributed by atoms with Crippen LogP contribution in [0.15, 0.2) is 35.1 Å². The molecule has 1 amide bonds. The number of rotatable bonds is 3. The number of aromatic nitrogens is 3. The average molecular weight is 394 g/mol. The van der Waals surface area contributed by atoms with Crippen LogP contribution in [0.2, 0.25) is 0 Å². The number of ether oxygens (including phenoxy) is 1. The molecule has 2 unspecified atom stereocenters. The van der Waals surface area contributed by atoms with Crippen molar-refractivity contribution in [2.24, 2.45) is 11.8 Å². The molecule has 5 rings (SSSR count). The molecule has 1 fully saturated rings. The van der Waals surface area contributed by atoms with Crippen molar-refractivity contribution in [3.8, 4) is 11.5 Å². The van der Waals surface area contributed by atoms with E-state index in [1.165, 1.54) is 0 Å². The first-order valence-electron chi connectivity index (χ1n) is 10.4. The fraction of sp³-hybridized carbons (Fsp3) is 0.500. The number of hydrogen-bond acceptors (Lipinski definition) is 5. The zero-order chi connectivity index (χ0) is 20.0. The number of allylic oxidation sites excluding steroid dienone is 2. The molecule has 152 valence electrons. The number of aryl methyl sites for hydroxylation is 1. The molecule has 2 aliphatic heterocycles. The van der Waals surface area contributed by atoms with Crippen LogP contribution in [0.4, 0.5) is 0 Å². The van der Waals surface area contributed by atoms with Crippen molar-refractivity contribution >= 4 is 11.5 Å². The highest BCUT2D eigenvalue weighted by Gasteiger charge is 2.43. The van der Waals surface area contributed by atoms with Gasteiger partial charge in [-0.3, -0.25) is 4.79 Å². The van der Waals surface area contributed by atoms with Crippen LogP contribution in [0.25, 0.3) is 17.1 Å². The molecule has 0 saturated carbocycles. The maximum absolute atomic E-state index is 13.4. The number of nitrogens with one attached hydrogen (secondary N) is 1. The van der Waals surface area contributed by atoms with Gasteiger partial charge in [0.05, 0.1) is 11.8 Å². The van der Waals surface area contributed by atoms with Gasteiger partial charge in [-0.25, -0.2) is 0 Å². The fourth-order valence-corrected chi connectivity index (χ4v) is 4.97. The van der Waals surface area contributed by atoms with E-state index in [2.05, 4.69) is 27.3 Å². The second-order valence-electron chi connectivity index (χ2n) is 8.32. The lowest BCUT2D eigenvalue weighted by molar-refractivity contribution is -0.137. The molecule has 29 heavy (non-hydrogen) atoms. The SMILES string of the molecule is COC1C=CC[C@@H]2C(=O)N3C=C(c4nc(-c5cc(C)c[nH]5)no4)CCC3CC[C@H]12. The molecule has 1 aliphatic carbocycles. The van der Waals surface area contributed by atoms with E-state index in [9.17, 15) is 4.79 Å². The van der Waals surface area contributed by atoms with Gasteiger partial charge in [-0.1, -0.05) is 17.3 Å². The minimum Gasteiger partial charge on any atom is -0.377 e. The molecule has 1 N–H and O–H groups in total. The summed E-state index contributed by atoms with van der Waals surface area (Å²) < 4.78 is 11.2. The van der Waals surface area contributed by atoms with Crippen LogP contribution in [0, 0.1) is 18.8 Å². The van der Waals surface area contributed by atoms with Gasteiger partial charge in [-0.15, -0.1) is 0 Å². The number of amides is 1. The molecule has 0 spiro atoms. The third kappa shape index (κ3) is 3.23. The van der Waals surface area contributed by atoms with Crippen LogP contribution in [0.1, 0.15) is 43.6 Å². The highest BCUT2D eigenvalue weighted by atomic mass is 16.5. The van der Waals surface area contributed by atoms with Gasteiger partial charge in [-0.2, -0.15) is 4.98 Å². The van der Waals surface area contributed by atoms with Crippen LogP contribution in [-0.2, 0) is 9.53 Å². The average Bonchev–Trinajstić information content (AvgIpc) is 3.37. The third-order valence-corrected chi connectivity index (χ3v) is 6.54. The number of H-pyrrole nitrogens is 1. The number of fused-ring (bicyclic) bond motifs is 2. The molecule has 0 radical (unpaired) electrons. The Morgan fingerprint density at radius 1 is 1.31 bits per heavy atom. The number of methoxy groups -OCH3 is 1. The van der Waals surface area contributed by atoms with Crippen molar-refractivity contribution in [2.75, 3.05) is 7.11 Å². The third-order valence-electron chi connectivity index (χ3n) is 6.54. The van der Waals surface area contributed by atoms with Gasteiger partial charge in [0.2, 0.25) is 11.7 Å². The molecule has 7 heteroatoms. The Hall–Kier alpha value is -2.67. The quantitative estimate of drug-likeness (QED) is 0.803. The van der Waals surface area contributed by atoms with E-state index in [-0.39, 0.29) is 29.9 Å². The predicted octanol–water partition coefficient (Wildman–Crippen LogP) is 3.71. The monoisotopic (exact) mass is 394 g/mol. The van der Waals surface area contributed by atoms with E-state index in [0.29, 0.717) is 11.7 Å². The van der Waals surface area contributed by atoms with Crippen molar-refractivity contribution in [3.63, 3.8) is 0 Å². The molecule has 4 atom stereocenters. The number of aromatic amines is 1. The summed E-state index contributed by atoms with van der Waals surface area (Å²) in [4.78, 5) is 23.1. The molecular formula is C22H26N4O3. The van der Waals surface area contributed by atoms with Crippen LogP contribution >= 0.6 is 0 Å². The summed E-state index contributed by atoms with van der Waals surface area (Å²) in [7, 11) is 1.73. The minimum absolute atomic E-state index is 0.0225. The first-order chi connectivity index (χ1) is 14.1. The molecule has 4 heterocycles. The fourth-order valence-electron chi connectivity index (χ4n) is 4.97. The van der Waals surface area contributed by atoms with Gasteiger partial charge in [0, 0.05) is 43.0 Å². The summed E-state index contributed by atoms with van der Waals surface area (Å²) >= 11 is 0. The number of hydrogen-bond donors (Lipinski definition) is 1. The summed E-state index contributed by atoms with van der Waals surface area (Å²) in [6.07, 6.45) is 12.7. The molecule has 2 aromatic rings. The van der Waals surface area contributed by atoms with E-state index in [1.807, 2.05) is 30.3 Å². The van der Waals surface area contributed by atoms with Crippen LogP contribution in [-0.4, -0.2) is 45.2 Å². The first-order valence-corrected chi connectivity index (χ1v) is 10.4. The summed E-state index contributed by atoms with van der Waals surface area (Å²) in [6, 6.07) is 2.23. The van der Waals surface area contributed by atoms with Gasteiger partial charge in [0.25, 0.3) is 5.89 Å². The largest absolute Gasteiger partial charge is 0.377 e. The Kier molecular flexibility index (Phi) is 4.62. The Morgan fingerprint density at radius 3 is 3.00 bits per heavy atom. The Morgan fingerprint density at radius 2 is 2.21 bits per heavy atom. The zero-order valence-corrected chi connectivity index (χ0v) is 16.8.